The van der Waals surface area contributed by atoms with Crippen LogP contribution >= 0.6 is 0 Å². The van der Waals surface area contributed by atoms with Crippen molar-refractivity contribution < 1.29 is 35.7 Å². The number of aliphatic carboxylic acids is 1. The van der Waals surface area contributed by atoms with Gasteiger partial charge in [0.15, 0.2) is 0 Å². The highest BCUT2D eigenvalue weighted by Gasteiger charge is 2.48. The van der Waals surface area contributed by atoms with Gasteiger partial charge in [-0.3, -0.25) is 4.79 Å². The first-order chi connectivity index (χ1) is 12.0. The van der Waals surface area contributed by atoms with Crippen molar-refractivity contribution in [3.63, 3.8) is 0 Å². The zero-order valence-electron chi connectivity index (χ0n) is 14.2. The van der Waals surface area contributed by atoms with Crippen LogP contribution in [0.4, 0.5) is 13.2 Å². The second kappa shape index (κ2) is 7.85. The van der Waals surface area contributed by atoms with Gasteiger partial charge in [0.05, 0.1) is 5.92 Å². The minimum Gasteiger partial charge on any atom is -0.481 e. The number of carbonyl (C=O) groups is 1. The van der Waals surface area contributed by atoms with E-state index < -0.39 is 27.3 Å². The van der Waals surface area contributed by atoms with Crippen LogP contribution in [0.1, 0.15) is 50.5 Å². The number of carboxylic acids is 1. The van der Waals surface area contributed by atoms with Crippen molar-refractivity contribution in [1.82, 2.24) is 0 Å². The highest BCUT2D eigenvalue weighted by molar-refractivity contribution is 7.88. The van der Waals surface area contributed by atoms with Gasteiger partial charge in [-0.05, 0) is 61.6 Å². The molecule has 1 aromatic carbocycles. The monoisotopic (exact) mass is 394 g/mol. The molecule has 1 aliphatic rings. The van der Waals surface area contributed by atoms with Crippen molar-refractivity contribution in [3.8, 4) is 5.75 Å². The van der Waals surface area contributed by atoms with Gasteiger partial charge in [-0.15, -0.1) is 0 Å². The summed E-state index contributed by atoms with van der Waals surface area (Å²) in [5, 5.41) is 9.25. The lowest BCUT2D eigenvalue weighted by molar-refractivity contribution is -0.144. The molecule has 1 atom stereocenters. The Balaban J connectivity index is 1.99. The standard InChI is InChI=1S/C17H21F3O5S/c1-2-15(16(21)22)13-5-3-11(4-6-13)12-7-9-14(10-8-12)25-26(23,24)17(18,19)20/h7-11,13,15H,2-6H2,1H3,(H,21,22). The Morgan fingerprint density at radius 2 is 1.73 bits per heavy atom. The van der Waals surface area contributed by atoms with Crippen molar-refractivity contribution in [1.29, 1.82) is 0 Å². The van der Waals surface area contributed by atoms with Gasteiger partial charge < -0.3 is 9.29 Å². The summed E-state index contributed by atoms with van der Waals surface area (Å²) in [6.07, 6.45) is 3.71. The molecule has 0 amide bonds. The Kier molecular flexibility index (Phi) is 6.21. The molecule has 1 unspecified atom stereocenters. The summed E-state index contributed by atoms with van der Waals surface area (Å²) < 4.78 is 63.0. The zero-order chi connectivity index (χ0) is 19.5. The van der Waals surface area contributed by atoms with Crippen molar-refractivity contribution in [3.05, 3.63) is 29.8 Å². The second-order valence-electron chi connectivity index (χ2n) is 6.52. The Bertz CT molecular complexity index is 720. The van der Waals surface area contributed by atoms with E-state index in [0.717, 1.165) is 31.2 Å². The molecular weight excluding hydrogens is 373 g/mol. The smallest absolute Gasteiger partial charge is 0.481 e. The Labute approximate surface area is 150 Å². The fraction of sp³-hybridized carbons (Fsp3) is 0.588. The first kappa shape index (κ1) is 20.5. The predicted octanol–water partition coefficient (Wildman–Crippen LogP) is 4.30. The van der Waals surface area contributed by atoms with Crippen LogP contribution in [-0.4, -0.2) is 25.0 Å². The first-order valence-electron chi connectivity index (χ1n) is 8.38. The molecule has 1 N–H and O–H groups in total. The van der Waals surface area contributed by atoms with E-state index in [1.165, 1.54) is 12.1 Å². The maximum absolute atomic E-state index is 12.3. The molecule has 0 aliphatic heterocycles. The van der Waals surface area contributed by atoms with Crippen LogP contribution in [-0.2, 0) is 14.9 Å². The van der Waals surface area contributed by atoms with Gasteiger partial charge in [-0.25, -0.2) is 0 Å². The zero-order valence-corrected chi connectivity index (χ0v) is 15.0. The third kappa shape index (κ3) is 4.69. The summed E-state index contributed by atoms with van der Waals surface area (Å²) in [7, 11) is -5.67. The van der Waals surface area contributed by atoms with Crippen LogP contribution < -0.4 is 4.18 Å². The van der Waals surface area contributed by atoms with E-state index in [9.17, 15) is 31.5 Å². The average molecular weight is 394 g/mol. The van der Waals surface area contributed by atoms with E-state index in [1.807, 2.05) is 6.92 Å². The maximum Gasteiger partial charge on any atom is 0.534 e. The molecule has 0 spiro atoms. The molecule has 0 saturated heterocycles. The van der Waals surface area contributed by atoms with Gasteiger partial charge >= 0.3 is 21.6 Å². The van der Waals surface area contributed by atoms with Crippen LogP contribution in [0.15, 0.2) is 24.3 Å². The third-order valence-corrected chi connectivity index (χ3v) is 5.92. The summed E-state index contributed by atoms with van der Waals surface area (Å²) in [6, 6.07) is 5.52. The fourth-order valence-electron chi connectivity index (χ4n) is 3.53. The van der Waals surface area contributed by atoms with Gasteiger partial charge in [0.2, 0.25) is 0 Å². The topological polar surface area (TPSA) is 80.7 Å². The van der Waals surface area contributed by atoms with Crippen molar-refractivity contribution in [2.24, 2.45) is 11.8 Å². The average Bonchev–Trinajstić information content (AvgIpc) is 2.55. The lowest BCUT2D eigenvalue weighted by atomic mass is 9.73. The molecule has 1 saturated carbocycles. The predicted molar refractivity (Wildman–Crippen MR) is 88.2 cm³/mol. The van der Waals surface area contributed by atoms with E-state index in [2.05, 4.69) is 4.18 Å². The SMILES string of the molecule is CCC(C(=O)O)C1CCC(c2ccc(OS(=O)(=O)C(F)(F)F)cc2)CC1. The maximum atomic E-state index is 12.3. The summed E-state index contributed by atoms with van der Waals surface area (Å²) in [4.78, 5) is 11.3. The molecule has 146 valence electrons. The van der Waals surface area contributed by atoms with Crippen molar-refractivity contribution >= 4 is 16.1 Å². The van der Waals surface area contributed by atoms with Crippen LogP contribution in [0.25, 0.3) is 0 Å². The number of carboxylic acid groups (broad SMARTS) is 1. The van der Waals surface area contributed by atoms with Crippen molar-refractivity contribution in [2.75, 3.05) is 0 Å². The van der Waals surface area contributed by atoms with Gasteiger partial charge in [0, 0.05) is 0 Å². The molecular formula is C17H21F3O5S. The van der Waals surface area contributed by atoms with Crippen molar-refractivity contribution in [2.45, 2.75) is 50.5 Å². The van der Waals surface area contributed by atoms with Crippen LogP contribution in [0.5, 0.6) is 5.75 Å². The molecule has 26 heavy (non-hydrogen) atoms. The molecule has 0 bridgehead atoms. The number of hydrogen-bond acceptors (Lipinski definition) is 4. The lowest BCUT2D eigenvalue weighted by Crippen LogP contribution is -2.28. The number of halogens is 3. The summed E-state index contributed by atoms with van der Waals surface area (Å²) in [6.45, 7) is 1.86. The molecule has 1 aliphatic carbocycles. The first-order valence-corrected chi connectivity index (χ1v) is 9.79. The third-order valence-electron chi connectivity index (χ3n) is 4.94. The molecule has 5 nitrogen and oxygen atoms in total. The van der Waals surface area contributed by atoms with E-state index in [1.54, 1.807) is 12.1 Å². The summed E-state index contributed by atoms with van der Waals surface area (Å²) in [5.41, 5.74) is -4.59. The van der Waals surface area contributed by atoms with E-state index in [4.69, 9.17) is 0 Å². The Morgan fingerprint density at radius 1 is 1.19 bits per heavy atom. The van der Waals surface area contributed by atoms with Gasteiger partial charge in [-0.1, -0.05) is 19.1 Å². The Morgan fingerprint density at radius 3 is 2.15 bits per heavy atom. The minimum absolute atomic E-state index is 0.133. The highest BCUT2D eigenvalue weighted by Crippen LogP contribution is 2.40. The lowest BCUT2D eigenvalue weighted by Gasteiger charge is -2.32. The largest absolute Gasteiger partial charge is 0.534 e. The van der Waals surface area contributed by atoms with E-state index in [0.29, 0.717) is 6.42 Å². The second-order valence-corrected chi connectivity index (χ2v) is 8.05. The number of alkyl halides is 3. The summed E-state index contributed by atoms with van der Waals surface area (Å²) >= 11 is 0. The molecule has 2 rings (SSSR count). The molecule has 9 heteroatoms. The normalized spacial score (nSPS) is 22.6. The number of rotatable bonds is 6. The van der Waals surface area contributed by atoms with Crippen LogP contribution in [0.2, 0.25) is 0 Å². The minimum atomic E-state index is -5.67. The molecule has 1 fully saturated rings. The fourth-order valence-corrected chi connectivity index (χ4v) is 3.99. The van der Waals surface area contributed by atoms with Crippen LogP contribution in [0, 0.1) is 11.8 Å². The highest BCUT2D eigenvalue weighted by atomic mass is 32.2. The molecule has 0 aromatic heterocycles. The number of hydrogen-bond donors (Lipinski definition) is 1. The molecule has 0 heterocycles. The van der Waals surface area contributed by atoms with Crippen LogP contribution in [0.3, 0.4) is 0 Å². The molecule has 0 radical (unpaired) electrons. The quantitative estimate of drug-likeness (QED) is 0.575. The Hall–Kier alpha value is -1.77. The van der Waals surface area contributed by atoms with Gasteiger partial charge in [-0.2, -0.15) is 21.6 Å². The number of benzene rings is 1. The van der Waals surface area contributed by atoms with Gasteiger partial charge in [0.25, 0.3) is 0 Å². The summed E-state index contributed by atoms with van der Waals surface area (Å²) in [5.74, 6) is -1.21. The molecule has 1 aromatic rings. The van der Waals surface area contributed by atoms with Gasteiger partial charge in [0.1, 0.15) is 5.75 Å². The van der Waals surface area contributed by atoms with E-state index >= 15 is 0 Å². The van der Waals surface area contributed by atoms with E-state index in [-0.39, 0.29) is 17.8 Å².